The second-order valence-corrected chi connectivity index (χ2v) is 8.30. The first kappa shape index (κ1) is 19.2. The van der Waals surface area contributed by atoms with Gasteiger partial charge in [0, 0.05) is 9.90 Å². The lowest BCUT2D eigenvalue weighted by Gasteiger charge is -2.18. The number of thiophene rings is 1. The summed E-state index contributed by atoms with van der Waals surface area (Å²) in [5, 5.41) is 4.09. The summed E-state index contributed by atoms with van der Waals surface area (Å²) in [6, 6.07) is 4.71. The van der Waals surface area contributed by atoms with Crippen LogP contribution in [-0.2, 0) is 17.6 Å². The zero-order valence-corrected chi connectivity index (χ0v) is 16.9. The van der Waals surface area contributed by atoms with Gasteiger partial charge in [-0.1, -0.05) is 30.1 Å². The number of hydrogen-bond donors (Lipinski definition) is 1. The second-order valence-electron chi connectivity index (χ2n) is 6.35. The first-order chi connectivity index (χ1) is 12.4. The van der Waals surface area contributed by atoms with Crippen molar-refractivity contribution < 1.29 is 14.3 Å². The summed E-state index contributed by atoms with van der Waals surface area (Å²) in [6.07, 6.45) is 2.73. The predicted molar refractivity (Wildman–Crippen MR) is 106 cm³/mol. The van der Waals surface area contributed by atoms with E-state index in [2.05, 4.69) is 12.2 Å². The molecule has 1 heterocycles. The van der Waals surface area contributed by atoms with Gasteiger partial charge in [0.05, 0.1) is 22.8 Å². The molecule has 0 saturated heterocycles. The molecule has 0 saturated carbocycles. The van der Waals surface area contributed by atoms with E-state index >= 15 is 0 Å². The fourth-order valence-electron chi connectivity index (χ4n) is 3.10. The number of hydrogen-bond acceptors (Lipinski definition) is 4. The van der Waals surface area contributed by atoms with E-state index in [9.17, 15) is 9.59 Å². The van der Waals surface area contributed by atoms with Crippen molar-refractivity contribution in [3.63, 3.8) is 0 Å². The molecule has 26 heavy (non-hydrogen) atoms. The Labute approximate surface area is 166 Å². The maximum atomic E-state index is 12.7. The zero-order valence-electron chi connectivity index (χ0n) is 14.5. The monoisotopic (exact) mass is 411 g/mol. The molecule has 1 unspecified atom stereocenters. The van der Waals surface area contributed by atoms with E-state index in [0.29, 0.717) is 26.5 Å². The molecule has 0 spiro atoms. The van der Waals surface area contributed by atoms with E-state index in [1.54, 1.807) is 19.1 Å². The van der Waals surface area contributed by atoms with E-state index in [0.717, 1.165) is 29.7 Å². The van der Waals surface area contributed by atoms with Crippen LogP contribution in [0.4, 0.5) is 5.00 Å². The minimum atomic E-state index is -0.396. The van der Waals surface area contributed by atoms with Gasteiger partial charge in [0.1, 0.15) is 5.00 Å². The van der Waals surface area contributed by atoms with Crippen LogP contribution in [0.1, 0.15) is 51.4 Å². The van der Waals surface area contributed by atoms with E-state index in [1.807, 2.05) is 0 Å². The number of benzene rings is 1. The molecule has 4 nitrogen and oxygen atoms in total. The Morgan fingerprint density at radius 1 is 1.35 bits per heavy atom. The van der Waals surface area contributed by atoms with Crippen molar-refractivity contribution in [3.8, 4) is 0 Å². The number of amides is 1. The minimum absolute atomic E-state index is 0.272. The molecule has 1 aliphatic rings. The molecule has 1 aromatic heterocycles. The number of halogens is 2. The third-order valence-electron chi connectivity index (χ3n) is 4.39. The summed E-state index contributed by atoms with van der Waals surface area (Å²) in [4.78, 5) is 26.3. The second kappa shape index (κ2) is 7.99. The molecule has 7 heteroatoms. The largest absolute Gasteiger partial charge is 0.462 e. The number of carbonyl (C=O) groups excluding carboxylic acids is 2. The molecule has 0 radical (unpaired) electrons. The molecular weight excluding hydrogens is 393 g/mol. The van der Waals surface area contributed by atoms with Crippen molar-refractivity contribution in [2.45, 2.75) is 33.1 Å². The average Bonchev–Trinajstić information content (AvgIpc) is 2.94. The van der Waals surface area contributed by atoms with E-state index in [-0.39, 0.29) is 12.2 Å². The first-order valence-corrected chi connectivity index (χ1v) is 10.1. The van der Waals surface area contributed by atoms with Crippen molar-refractivity contribution in [3.05, 3.63) is 49.8 Å². The Balaban J connectivity index is 1.97. The van der Waals surface area contributed by atoms with Gasteiger partial charge in [0.25, 0.3) is 5.91 Å². The Kier molecular flexibility index (Phi) is 5.90. The standard InChI is InChI=1S/C19H19Cl2NO3S/c1-3-25-19(24)16-12-6-4-10(2)8-15(12)26-18(16)22-17(23)13-9-11(20)5-7-14(13)21/h5,7,9-10H,3-4,6,8H2,1-2H3,(H,22,23). The van der Waals surface area contributed by atoms with Crippen molar-refractivity contribution in [2.24, 2.45) is 5.92 Å². The van der Waals surface area contributed by atoms with Gasteiger partial charge in [-0.25, -0.2) is 4.79 Å². The first-order valence-electron chi connectivity index (χ1n) is 8.48. The van der Waals surface area contributed by atoms with Crippen LogP contribution in [0, 0.1) is 5.92 Å². The molecule has 3 rings (SSSR count). The van der Waals surface area contributed by atoms with Crippen LogP contribution in [0.5, 0.6) is 0 Å². The van der Waals surface area contributed by atoms with Crippen LogP contribution >= 0.6 is 34.5 Å². The smallest absolute Gasteiger partial charge is 0.341 e. The number of nitrogens with one attached hydrogen (secondary N) is 1. The molecule has 138 valence electrons. The van der Waals surface area contributed by atoms with Gasteiger partial charge in [-0.15, -0.1) is 11.3 Å². The number of ether oxygens (including phenoxy) is 1. The van der Waals surface area contributed by atoms with Gasteiger partial charge in [0.15, 0.2) is 0 Å². The van der Waals surface area contributed by atoms with Gasteiger partial charge in [0.2, 0.25) is 0 Å². The minimum Gasteiger partial charge on any atom is -0.462 e. The third kappa shape index (κ3) is 3.90. The molecule has 0 bridgehead atoms. The summed E-state index contributed by atoms with van der Waals surface area (Å²) in [7, 11) is 0. The zero-order chi connectivity index (χ0) is 18.8. The van der Waals surface area contributed by atoms with Gasteiger partial charge >= 0.3 is 5.97 Å². The lowest BCUT2D eigenvalue weighted by Crippen LogP contribution is -2.17. The number of esters is 1. The molecule has 1 amide bonds. The lowest BCUT2D eigenvalue weighted by atomic mass is 9.88. The molecule has 2 aromatic rings. The van der Waals surface area contributed by atoms with E-state index in [4.69, 9.17) is 27.9 Å². The highest BCUT2D eigenvalue weighted by Crippen LogP contribution is 2.40. The molecule has 1 aliphatic carbocycles. The van der Waals surface area contributed by atoms with Crippen molar-refractivity contribution in [2.75, 3.05) is 11.9 Å². The van der Waals surface area contributed by atoms with Crippen LogP contribution in [-0.4, -0.2) is 18.5 Å². The average molecular weight is 412 g/mol. The van der Waals surface area contributed by atoms with Crippen LogP contribution < -0.4 is 5.32 Å². The van der Waals surface area contributed by atoms with Crippen LogP contribution in [0.3, 0.4) is 0 Å². The molecule has 0 aliphatic heterocycles. The third-order valence-corrected chi connectivity index (χ3v) is 6.13. The van der Waals surface area contributed by atoms with Crippen LogP contribution in [0.2, 0.25) is 10.0 Å². The number of fused-ring (bicyclic) bond motifs is 1. The normalized spacial score (nSPS) is 16.1. The van der Waals surface area contributed by atoms with Crippen LogP contribution in [0.15, 0.2) is 18.2 Å². The van der Waals surface area contributed by atoms with Gasteiger partial charge in [-0.3, -0.25) is 4.79 Å². The van der Waals surface area contributed by atoms with Crippen LogP contribution in [0.25, 0.3) is 0 Å². The maximum Gasteiger partial charge on any atom is 0.341 e. The highest BCUT2D eigenvalue weighted by atomic mass is 35.5. The predicted octanol–water partition coefficient (Wildman–Crippen LogP) is 5.61. The quantitative estimate of drug-likeness (QED) is 0.665. The fourth-order valence-corrected chi connectivity index (χ4v) is 4.87. The summed E-state index contributed by atoms with van der Waals surface area (Å²) < 4.78 is 5.22. The molecule has 1 N–H and O–H groups in total. The van der Waals surface area contributed by atoms with Crippen molar-refractivity contribution in [1.82, 2.24) is 0 Å². The molecule has 0 fully saturated rings. The highest BCUT2D eigenvalue weighted by molar-refractivity contribution is 7.17. The lowest BCUT2D eigenvalue weighted by molar-refractivity contribution is 0.0526. The number of carbonyl (C=O) groups is 2. The van der Waals surface area contributed by atoms with Gasteiger partial charge < -0.3 is 10.1 Å². The Hall–Kier alpha value is -1.56. The van der Waals surface area contributed by atoms with E-state index < -0.39 is 11.9 Å². The fraction of sp³-hybridized carbons (Fsp3) is 0.368. The van der Waals surface area contributed by atoms with Gasteiger partial charge in [-0.2, -0.15) is 0 Å². The van der Waals surface area contributed by atoms with Crippen molar-refractivity contribution >= 4 is 51.4 Å². The number of anilines is 1. The summed E-state index contributed by atoms with van der Waals surface area (Å²) in [6.45, 7) is 4.24. The molecule has 1 aromatic carbocycles. The Bertz CT molecular complexity index is 863. The Morgan fingerprint density at radius 2 is 2.12 bits per heavy atom. The summed E-state index contributed by atoms with van der Waals surface area (Å²) in [5.41, 5.74) is 1.75. The maximum absolute atomic E-state index is 12.7. The summed E-state index contributed by atoms with van der Waals surface area (Å²) in [5.74, 6) is -0.233. The number of rotatable bonds is 4. The van der Waals surface area contributed by atoms with E-state index in [1.165, 1.54) is 17.4 Å². The molecular formula is C19H19Cl2NO3S. The SMILES string of the molecule is CCOC(=O)c1c(NC(=O)c2cc(Cl)ccc2Cl)sc2c1CCC(C)C2. The summed E-state index contributed by atoms with van der Waals surface area (Å²) >= 11 is 13.5. The topological polar surface area (TPSA) is 55.4 Å². The molecule has 1 atom stereocenters. The van der Waals surface area contributed by atoms with Crippen molar-refractivity contribution in [1.29, 1.82) is 0 Å². The highest BCUT2D eigenvalue weighted by Gasteiger charge is 2.29. The van der Waals surface area contributed by atoms with Gasteiger partial charge in [-0.05, 0) is 55.9 Å². The Morgan fingerprint density at radius 3 is 2.85 bits per heavy atom.